The number of ether oxygens (including phenoxy) is 1. The quantitative estimate of drug-likeness (QED) is 0.231. The largest absolute Gasteiger partial charge is 0.480 e. The molecule has 1 saturated heterocycles. The Balaban J connectivity index is 1.72. The Morgan fingerprint density at radius 3 is 1.81 bits per heavy atom. The number of carboxylic acid groups (broad SMARTS) is 1. The molecule has 1 fully saturated rings. The van der Waals surface area contributed by atoms with Gasteiger partial charge in [0.1, 0.15) is 11.6 Å². The Hall–Kier alpha value is -3.29. The first-order valence-corrected chi connectivity index (χ1v) is 15.7. The number of benzene rings is 3. The van der Waals surface area contributed by atoms with E-state index in [1.807, 2.05) is 64.6 Å². The van der Waals surface area contributed by atoms with E-state index in [1.165, 1.54) is 16.7 Å². The van der Waals surface area contributed by atoms with Crippen LogP contribution in [-0.4, -0.2) is 58.1 Å². The Bertz CT molecular complexity index is 1200. The summed E-state index contributed by atoms with van der Waals surface area (Å²) in [6.45, 7) is 10.4. The summed E-state index contributed by atoms with van der Waals surface area (Å²) in [6, 6.07) is 30.7. The molecule has 0 aromatic heterocycles. The summed E-state index contributed by atoms with van der Waals surface area (Å²) in [5.74, 6) is -0.903. The first kappa shape index (κ1) is 31.6. The van der Waals surface area contributed by atoms with E-state index in [4.69, 9.17) is 4.74 Å². The number of hydrogen-bond acceptors (Lipinski definition) is 5. The number of carbonyl (C=O) groups excluding carboxylic acids is 1. The number of thioether (sulfide) groups is 1. The molecule has 4 atom stereocenters. The highest BCUT2D eigenvalue weighted by Gasteiger charge is 2.45. The second-order valence-corrected chi connectivity index (χ2v) is 13.7. The van der Waals surface area contributed by atoms with Crippen LogP contribution in [0.1, 0.15) is 64.2 Å². The number of carbonyl (C=O) groups is 2. The van der Waals surface area contributed by atoms with Gasteiger partial charge in [-0.1, -0.05) is 111 Å². The Morgan fingerprint density at radius 2 is 1.40 bits per heavy atom. The number of hydrogen-bond donors (Lipinski definition) is 2. The number of nitrogens with zero attached hydrogens (tertiary/aromatic N) is 1. The molecule has 1 heterocycles. The lowest BCUT2D eigenvalue weighted by Crippen LogP contribution is -2.49. The zero-order valence-corrected chi connectivity index (χ0v) is 26.1. The van der Waals surface area contributed by atoms with Crippen LogP contribution in [0.15, 0.2) is 91.0 Å². The van der Waals surface area contributed by atoms with Gasteiger partial charge in [-0.3, -0.25) is 4.79 Å². The van der Waals surface area contributed by atoms with Crippen molar-refractivity contribution in [2.24, 2.45) is 5.92 Å². The molecule has 1 aliphatic heterocycles. The average Bonchev–Trinajstić information content (AvgIpc) is 3.39. The molecule has 42 heavy (non-hydrogen) atoms. The summed E-state index contributed by atoms with van der Waals surface area (Å²) < 4.78 is 5.32. The zero-order valence-electron chi connectivity index (χ0n) is 25.3. The summed E-state index contributed by atoms with van der Waals surface area (Å²) in [5.41, 5.74) is 2.86. The maximum absolute atomic E-state index is 13.5. The van der Waals surface area contributed by atoms with Gasteiger partial charge >= 0.3 is 12.1 Å². The molecule has 0 saturated carbocycles. The van der Waals surface area contributed by atoms with E-state index in [-0.39, 0.29) is 23.3 Å². The fraction of sp³-hybridized carbons (Fsp3) is 0.429. The first-order valence-electron chi connectivity index (χ1n) is 14.8. The van der Waals surface area contributed by atoms with E-state index in [0.29, 0.717) is 19.5 Å². The molecule has 4 rings (SSSR count). The SMILES string of the molecule is CC[C@H](C)[C@H](NC[C@H]1C[C@@H](SC(c2ccccc2)(c2ccccc2)c2ccccc2)CN1C(=O)OC(C)(C)C)C(=O)O. The Morgan fingerprint density at radius 1 is 0.929 bits per heavy atom. The molecule has 1 aliphatic rings. The van der Waals surface area contributed by atoms with Gasteiger partial charge in [-0.05, 0) is 49.8 Å². The summed E-state index contributed by atoms with van der Waals surface area (Å²) in [5, 5.41) is 13.2. The fourth-order valence-corrected chi connectivity index (χ4v) is 7.57. The lowest BCUT2D eigenvalue weighted by molar-refractivity contribution is -0.140. The van der Waals surface area contributed by atoms with Crippen molar-refractivity contribution in [3.05, 3.63) is 108 Å². The molecule has 0 bridgehead atoms. The van der Waals surface area contributed by atoms with Gasteiger partial charge in [0.05, 0.1) is 4.75 Å². The number of carboxylic acids is 1. The monoisotopic (exact) mass is 588 g/mol. The number of aliphatic carboxylic acids is 1. The van der Waals surface area contributed by atoms with E-state index >= 15 is 0 Å². The van der Waals surface area contributed by atoms with Crippen LogP contribution >= 0.6 is 11.8 Å². The third-order valence-electron chi connectivity index (χ3n) is 7.94. The van der Waals surface area contributed by atoms with E-state index in [1.54, 1.807) is 4.90 Å². The van der Waals surface area contributed by atoms with Crippen LogP contribution in [0.2, 0.25) is 0 Å². The highest BCUT2D eigenvalue weighted by Crippen LogP contribution is 2.52. The molecular formula is C35H44N2O4S. The smallest absolute Gasteiger partial charge is 0.410 e. The molecule has 0 spiro atoms. The van der Waals surface area contributed by atoms with Gasteiger partial charge in [-0.15, -0.1) is 11.8 Å². The maximum Gasteiger partial charge on any atom is 0.410 e. The number of rotatable bonds is 11. The topological polar surface area (TPSA) is 78.9 Å². The molecule has 3 aromatic carbocycles. The van der Waals surface area contributed by atoms with Crippen molar-refractivity contribution in [2.75, 3.05) is 13.1 Å². The van der Waals surface area contributed by atoms with Gasteiger partial charge < -0.3 is 20.1 Å². The van der Waals surface area contributed by atoms with Crippen LogP contribution in [0.3, 0.4) is 0 Å². The van der Waals surface area contributed by atoms with Gasteiger partial charge in [0.15, 0.2) is 0 Å². The Kier molecular flexibility index (Phi) is 10.4. The predicted octanol–water partition coefficient (Wildman–Crippen LogP) is 7.18. The predicted molar refractivity (Wildman–Crippen MR) is 171 cm³/mol. The van der Waals surface area contributed by atoms with Crippen molar-refractivity contribution in [3.8, 4) is 0 Å². The minimum absolute atomic E-state index is 0.0362. The van der Waals surface area contributed by atoms with Crippen LogP contribution in [0.25, 0.3) is 0 Å². The van der Waals surface area contributed by atoms with Crippen molar-refractivity contribution < 1.29 is 19.4 Å². The van der Waals surface area contributed by atoms with Crippen molar-refractivity contribution in [1.29, 1.82) is 0 Å². The summed E-state index contributed by atoms with van der Waals surface area (Å²) in [7, 11) is 0. The highest BCUT2D eigenvalue weighted by molar-refractivity contribution is 8.01. The van der Waals surface area contributed by atoms with Gasteiger partial charge in [-0.25, -0.2) is 4.79 Å². The maximum atomic E-state index is 13.5. The normalized spacial score (nSPS) is 18.8. The molecule has 3 aromatic rings. The first-order chi connectivity index (χ1) is 20.0. The van der Waals surface area contributed by atoms with Gasteiger partial charge in [-0.2, -0.15) is 0 Å². The molecule has 6 nitrogen and oxygen atoms in total. The second kappa shape index (κ2) is 13.8. The molecule has 0 radical (unpaired) electrons. The van der Waals surface area contributed by atoms with Gasteiger partial charge in [0.2, 0.25) is 0 Å². The summed E-state index contributed by atoms with van der Waals surface area (Å²) in [4.78, 5) is 27.4. The third kappa shape index (κ3) is 7.37. The Labute approximate surface area is 254 Å². The third-order valence-corrected chi connectivity index (χ3v) is 9.68. The molecular weight excluding hydrogens is 544 g/mol. The van der Waals surface area contributed by atoms with Crippen molar-refractivity contribution in [1.82, 2.24) is 10.2 Å². The molecule has 1 amide bonds. The van der Waals surface area contributed by atoms with E-state index in [9.17, 15) is 14.7 Å². The van der Waals surface area contributed by atoms with Crippen molar-refractivity contribution in [2.45, 2.75) is 75.1 Å². The van der Waals surface area contributed by atoms with Crippen LogP contribution in [0.4, 0.5) is 4.79 Å². The number of nitrogens with one attached hydrogen (secondary N) is 1. The van der Waals surface area contributed by atoms with Crippen molar-refractivity contribution >= 4 is 23.8 Å². The number of amides is 1. The zero-order chi connectivity index (χ0) is 30.3. The standard InChI is InChI=1S/C35H44N2O4S/c1-6-25(2)31(32(38)39)36-23-29-22-30(24-37(29)33(40)41-34(3,4)5)42-35(26-16-10-7-11-17-26,27-18-12-8-13-19-27)28-20-14-9-15-21-28/h7-21,25,29-31,36H,6,22-24H2,1-5H3,(H,38,39)/t25-,29+,30+,31-/m0/s1. The minimum atomic E-state index is -0.867. The van der Waals surface area contributed by atoms with Crippen LogP contribution in [0, 0.1) is 5.92 Å². The lowest BCUT2D eigenvalue weighted by Gasteiger charge is -2.37. The molecule has 0 aliphatic carbocycles. The van der Waals surface area contributed by atoms with Gasteiger partial charge in [0, 0.05) is 24.4 Å². The number of likely N-dealkylation sites (tertiary alicyclic amines) is 1. The van der Waals surface area contributed by atoms with Gasteiger partial charge in [0.25, 0.3) is 0 Å². The van der Waals surface area contributed by atoms with E-state index in [2.05, 4.69) is 78.1 Å². The highest BCUT2D eigenvalue weighted by atomic mass is 32.2. The van der Waals surface area contributed by atoms with Crippen LogP contribution in [0.5, 0.6) is 0 Å². The summed E-state index contributed by atoms with van der Waals surface area (Å²) >= 11 is 1.86. The molecule has 7 heteroatoms. The molecule has 0 unspecified atom stereocenters. The summed E-state index contributed by atoms with van der Waals surface area (Å²) in [6.07, 6.45) is 1.09. The second-order valence-electron chi connectivity index (χ2n) is 12.2. The van der Waals surface area contributed by atoms with Crippen molar-refractivity contribution in [3.63, 3.8) is 0 Å². The lowest BCUT2D eigenvalue weighted by atomic mass is 9.84. The van der Waals surface area contributed by atoms with Crippen LogP contribution in [-0.2, 0) is 14.3 Å². The van der Waals surface area contributed by atoms with E-state index < -0.39 is 22.4 Å². The minimum Gasteiger partial charge on any atom is -0.480 e. The average molecular weight is 589 g/mol. The van der Waals surface area contributed by atoms with E-state index in [0.717, 1.165) is 6.42 Å². The molecule has 2 N–H and O–H groups in total. The van der Waals surface area contributed by atoms with Crippen LogP contribution < -0.4 is 5.32 Å². The fourth-order valence-electron chi connectivity index (χ4n) is 5.70. The molecule has 224 valence electrons.